The molecule has 2 rings (SSSR count). The number of rotatable bonds is 3. The molecule has 0 aliphatic heterocycles. The molecule has 1 unspecified atom stereocenters. The second-order valence-electron chi connectivity index (χ2n) is 4.01. The molecule has 84 valence electrons. The van der Waals surface area contributed by atoms with Gasteiger partial charge in [-0.25, -0.2) is 0 Å². The molecule has 2 nitrogen and oxygen atoms in total. The molecular formula is C11H15ClO2S. The zero-order chi connectivity index (χ0) is 10.9. The van der Waals surface area contributed by atoms with Crippen LogP contribution in [-0.4, -0.2) is 17.8 Å². The van der Waals surface area contributed by atoms with Crippen LogP contribution in [0.2, 0.25) is 5.02 Å². The Morgan fingerprint density at radius 2 is 2.20 bits per heavy atom. The molecule has 1 aliphatic carbocycles. The fraction of sp³-hybridized carbons (Fsp3) is 0.636. The first-order valence-electron chi connectivity index (χ1n) is 5.16. The van der Waals surface area contributed by atoms with Gasteiger partial charge in [-0.2, -0.15) is 0 Å². The summed E-state index contributed by atoms with van der Waals surface area (Å²) in [6.45, 7) is 0. The molecule has 0 spiro atoms. The molecule has 4 heteroatoms. The van der Waals surface area contributed by atoms with Crippen LogP contribution in [0, 0.1) is 0 Å². The van der Waals surface area contributed by atoms with Crippen molar-refractivity contribution < 1.29 is 9.84 Å². The normalized spacial score (nSPS) is 21.8. The number of ether oxygens (including phenoxy) is 1. The molecule has 0 aromatic carbocycles. The number of aliphatic hydroxyl groups excluding tert-OH is 1. The maximum Gasteiger partial charge on any atom is 0.118 e. The number of hydrogen-bond donors (Lipinski definition) is 1. The van der Waals surface area contributed by atoms with Crippen LogP contribution in [0.25, 0.3) is 0 Å². The average molecular weight is 247 g/mol. The van der Waals surface area contributed by atoms with E-state index in [1.807, 2.05) is 11.4 Å². The summed E-state index contributed by atoms with van der Waals surface area (Å²) in [5.74, 6) is 0. The lowest BCUT2D eigenvalue weighted by molar-refractivity contribution is -0.0986. The molecule has 1 aromatic heterocycles. The number of methoxy groups -OCH3 is 1. The van der Waals surface area contributed by atoms with Gasteiger partial charge in [0.15, 0.2) is 0 Å². The highest BCUT2D eigenvalue weighted by Crippen LogP contribution is 2.45. The van der Waals surface area contributed by atoms with Crippen molar-refractivity contribution >= 4 is 22.9 Å². The predicted octanol–water partition coefficient (Wildman–Crippen LogP) is 3.39. The highest BCUT2D eigenvalue weighted by molar-refractivity contribution is 7.10. The Labute approximate surface area is 98.8 Å². The highest BCUT2D eigenvalue weighted by Gasteiger charge is 2.42. The third-order valence-electron chi connectivity index (χ3n) is 3.25. The molecule has 1 fully saturated rings. The first-order valence-corrected chi connectivity index (χ1v) is 6.41. The molecule has 0 saturated heterocycles. The van der Waals surface area contributed by atoms with Crippen molar-refractivity contribution in [3.63, 3.8) is 0 Å². The summed E-state index contributed by atoms with van der Waals surface area (Å²) in [5, 5.41) is 12.9. The lowest BCUT2D eigenvalue weighted by Gasteiger charge is -2.32. The lowest BCUT2D eigenvalue weighted by atomic mass is 9.93. The van der Waals surface area contributed by atoms with Crippen LogP contribution < -0.4 is 0 Å². The van der Waals surface area contributed by atoms with E-state index in [0.29, 0.717) is 5.02 Å². The standard InChI is InChI=1S/C11H15ClO2S/c1-14-11(5-2-3-6-11)10(13)9-8(12)4-7-15-9/h4,7,10,13H,2-3,5-6H2,1H3. The lowest BCUT2D eigenvalue weighted by Crippen LogP contribution is -2.35. The molecule has 1 aromatic rings. The van der Waals surface area contributed by atoms with Gasteiger partial charge in [-0.15, -0.1) is 11.3 Å². The van der Waals surface area contributed by atoms with Crippen molar-refractivity contribution in [1.82, 2.24) is 0 Å². The Bertz CT molecular complexity index is 331. The van der Waals surface area contributed by atoms with Crippen LogP contribution >= 0.6 is 22.9 Å². The molecule has 1 aliphatic rings. The van der Waals surface area contributed by atoms with Crippen LogP contribution in [0.4, 0.5) is 0 Å². The molecule has 1 N–H and O–H groups in total. The minimum absolute atomic E-state index is 0.408. The molecule has 1 atom stereocenters. The average Bonchev–Trinajstić information content (AvgIpc) is 2.86. The summed E-state index contributed by atoms with van der Waals surface area (Å²) in [6.07, 6.45) is 3.48. The number of aliphatic hydroxyl groups is 1. The van der Waals surface area contributed by atoms with Crippen molar-refractivity contribution in [2.24, 2.45) is 0 Å². The summed E-state index contributed by atoms with van der Waals surface area (Å²) in [4.78, 5) is 0.834. The maximum atomic E-state index is 10.3. The first-order chi connectivity index (χ1) is 7.19. The van der Waals surface area contributed by atoms with Crippen LogP contribution in [0.15, 0.2) is 11.4 Å². The van der Waals surface area contributed by atoms with Crippen molar-refractivity contribution in [2.45, 2.75) is 37.4 Å². The van der Waals surface area contributed by atoms with Gasteiger partial charge in [-0.3, -0.25) is 0 Å². The maximum absolute atomic E-state index is 10.3. The van der Waals surface area contributed by atoms with Gasteiger partial charge >= 0.3 is 0 Å². The molecule has 15 heavy (non-hydrogen) atoms. The van der Waals surface area contributed by atoms with E-state index in [-0.39, 0.29) is 0 Å². The van der Waals surface area contributed by atoms with Gasteiger partial charge in [0.1, 0.15) is 6.10 Å². The summed E-state index contributed by atoms with van der Waals surface area (Å²) >= 11 is 7.52. The summed E-state index contributed by atoms with van der Waals surface area (Å²) in [6, 6.07) is 1.82. The smallest absolute Gasteiger partial charge is 0.118 e. The SMILES string of the molecule is COC1(C(O)c2sccc2Cl)CCCC1. The van der Waals surface area contributed by atoms with E-state index in [0.717, 1.165) is 30.6 Å². The topological polar surface area (TPSA) is 29.5 Å². The van der Waals surface area contributed by atoms with Gasteiger partial charge in [-0.1, -0.05) is 24.4 Å². The molecular weight excluding hydrogens is 232 g/mol. The van der Waals surface area contributed by atoms with Crippen LogP contribution in [0.5, 0.6) is 0 Å². The fourth-order valence-electron chi connectivity index (χ4n) is 2.30. The van der Waals surface area contributed by atoms with Crippen molar-refractivity contribution in [2.75, 3.05) is 7.11 Å². The second-order valence-corrected chi connectivity index (χ2v) is 5.37. The van der Waals surface area contributed by atoms with Crippen molar-refractivity contribution in [3.05, 3.63) is 21.3 Å². The summed E-state index contributed by atoms with van der Waals surface area (Å²) in [7, 11) is 1.68. The Morgan fingerprint density at radius 3 is 2.67 bits per heavy atom. The molecule has 1 saturated carbocycles. The van der Waals surface area contributed by atoms with Crippen molar-refractivity contribution in [1.29, 1.82) is 0 Å². The largest absolute Gasteiger partial charge is 0.384 e. The molecule has 1 heterocycles. The van der Waals surface area contributed by atoms with Gasteiger partial charge < -0.3 is 9.84 Å². The summed E-state index contributed by atoms with van der Waals surface area (Å²) < 4.78 is 5.54. The highest BCUT2D eigenvalue weighted by atomic mass is 35.5. The minimum atomic E-state index is -0.586. The molecule has 0 bridgehead atoms. The quantitative estimate of drug-likeness (QED) is 0.886. The Balaban J connectivity index is 2.26. The van der Waals surface area contributed by atoms with Crippen LogP contribution in [0.1, 0.15) is 36.7 Å². The van der Waals surface area contributed by atoms with E-state index in [1.165, 1.54) is 11.3 Å². The van der Waals surface area contributed by atoms with Gasteiger partial charge in [0.05, 0.1) is 15.5 Å². The zero-order valence-corrected chi connectivity index (χ0v) is 10.3. The molecule has 0 amide bonds. The van der Waals surface area contributed by atoms with E-state index in [9.17, 15) is 5.11 Å². The first kappa shape index (κ1) is 11.4. The van der Waals surface area contributed by atoms with E-state index in [4.69, 9.17) is 16.3 Å². The predicted molar refractivity (Wildman–Crippen MR) is 62.5 cm³/mol. The van der Waals surface area contributed by atoms with Crippen LogP contribution in [0.3, 0.4) is 0 Å². The number of thiophene rings is 1. The van der Waals surface area contributed by atoms with Gasteiger partial charge in [-0.05, 0) is 24.3 Å². The van der Waals surface area contributed by atoms with Gasteiger partial charge in [0, 0.05) is 7.11 Å². The van der Waals surface area contributed by atoms with Crippen molar-refractivity contribution in [3.8, 4) is 0 Å². The van der Waals surface area contributed by atoms with Crippen LogP contribution in [-0.2, 0) is 4.74 Å². The zero-order valence-electron chi connectivity index (χ0n) is 8.70. The van der Waals surface area contributed by atoms with E-state index < -0.39 is 11.7 Å². The minimum Gasteiger partial charge on any atom is -0.384 e. The van der Waals surface area contributed by atoms with E-state index in [1.54, 1.807) is 7.11 Å². The van der Waals surface area contributed by atoms with E-state index in [2.05, 4.69) is 0 Å². The molecule has 0 radical (unpaired) electrons. The van der Waals surface area contributed by atoms with Gasteiger partial charge in [0.2, 0.25) is 0 Å². The number of hydrogen-bond acceptors (Lipinski definition) is 3. The summed E-state index contributed by atoms with van der Waals surface area (Å²) in [5.41, 5.74) is -0.408. The van der Waals surface area contributed by atoms with Gasteiger partial charge in [0.25, 0.3) is 0 Å². The monoisotopic (exact) mass is 246 g/mol. The Kier molecular flexibility index (Phi) is 3.36. The third-order valence-corrected chi connectivity index (χ3v) is 4.66. The fourth-order valence-corrected chi connectivity index (χ4v) is 3.55. The second kappa shape index (κ2) is 4.42. The van der Waals surface area contributed by atoms with E-state index >= 15 is 0 Å². The Hall–Kier alpha value is -0.0900. The third kappa shape index (κ3) is 1.94. The Morgan fingerprint density at radius 1 is 1.53 bits per heavy atom. The number of halogens is 1.